The molecule has 0 radical (unpaired) electrons. The van der Waals surface area contributed by atoms with Crippen molar-refractivity contribution in [1.29, 1.82) is 0 Å². The summed E-state index contributed by atoms with van der Waals surface area (Å²) in [6.07, 6.45) is 0. The summed E-state index contributed by atoms with van der Waals surface area (Å²) in [4.78, 5) is 0. The molecule has 0 nitrogen and oxygen atoms in total. The minimum atomic E-state index is -3.24. The summed E-state index contributed by atoms with van der Waals surface area (Å²) in [6.45, 7) is 0. The Balaban J connectivity index is 2.41. The van der Waals surface area contributed by atoms with Crippen LogP contribution in [0.2, 0.25) is 0 Å². The third kappa shape index (κ3) is 2.95. The van der Waals surface area contributed by atoms with Gasteiger partial charge < -0.3 is 0 Å². The van der Waals surface area contributed by atoms with Gasteiger partial charge in [-0.15, -0.1) is 33.2 Å². The molecule has 0 amide bonds. The zero-order chi connectivity index (χ0) is 16.3. The van der Waals surface area contributed by atoms with Gasteiger partial charge in [0.1, 0.15) is 0 Å². The Morgan fingerprint density at radius 2 is 0.739 bits per heavy atom. The Labute approximate surface area is 151 Å². The second-order valence-electron chi connectivity index (χ2n) is 5.35. The average molecular weight is 378 g/mol. The van der Waals surface area contributed by atoms with Crippen LogP contribution in [0.15, 0.2) is 91.0 Å². The quantitative estimate of drug-likeness (QED) is 0.288. The fraction of sp³-hybridized carbons (Fsp3) is 0.0526. The molecular formula is C19H15Cl3Si. The maximum atomic E-state index is 6.73. The van der Waals surface area contributed by atoms with E-state index in [0.29, 0.717) is 0 Å². The molecule has 0 spiro atoms. The van der Waals surface area contributed by atoms with Gasteiger partial charge in [-0.3, -0.25) is 0 Å². The molecule has 3 aromatic carbocycles. The Hall–Kier alpha value is -1.25. The van der Waals surface area contributed by atoms with E-state index in [0.717, 1.165) is 16.7 Å². The maximum absolute atomic E-state index is 6.73. The van der Waals surface area contributed by atoms with Crippen molar-refractivity contribution in [2.75, 3.05) is 0 Å². The van der Waals surface area contributed by atoms with Crippen LogP contribution in [0.4, 0.5) is 0 Å². The molecule has 0 aliphatic carbocycles. The normalized spacial score (nSPS) is 12.1. The molecule has 0 atom stereocenters. The van der Waals surface area contributed by atoms with Crippen molar-refractivity contribution in [3.63, 3.8) is 0 Å². The van der Waals surface area contributed by atoms with Gasteiger partial charge >= 0.3 is 6.00 Å². The predicted molar refractivity (Wildman–Crippen MR) is 103 cm³/mol. The number of halogens is 3. The van der Waals surface area contributed by atoms with E-state index in [2.05, 4.69) is 0 Å². The molecule has 0 saturated heterocycles. The zero-order valence-electron chi connectivity index (χ0n) is 12.3. The SMILES string of the molecule is Cl[Si](Cl)(Cl)C(c1ccccc1)(c1ccccc1)c1ccccc1. The standard InChI is InChI=1S/C19H15Cl3Si/c20-23(21,22)19(16-10-4-1-5-11-16,17-12-6-2-7-13-17)18-14-8-3-9-15-18/h1-15H. The molecule has 0 bridgehead atoms. The van der Waals surface area contributed by atoms with E-state index in [4.69, 9.17) is 33.2 Å². The van der Waals surface area contributed by atoms with Gasteiger partial charge in [-0.05, 0) is 16.7 Å². The second kappa shape index (κ2) is 6.70. The first-order chi connectivity index (χ1) is 11.1. The van der Waals surface area contributed by atoms with Crippen molar-refractivity contribution in [2.24, 2.45) is 0 Å². The number of hydrogen-bond acceptors (Lipinski definition) is 0. The molecule has 3 rings (SSSR count). The summed E-state index contributed by atoms with van der Waals surface area (Å²) >= 11 is 20.2. The van der Waals surface area contributed by atoms with Crippen molar-refractivity contribution >= 4 is 39.2 Å². The van der Waals surface area contributed by atoms with Gasteiger partial charge in [0.05, 0.1) is 5.04 Å². The molecule has 0 aliphatic rings. The molecule has 4 heteroatoms. The minimum Gasteiger partial charge on any atom is -0.124 e. The molecule has 0 aromatic heterocycles. The fourth-order valence-electron chi connectivity index (χ4n) is 3.06. The molecule has 23 heavy (non-hydrogen) atoms. The van der Waals surface area contributed by atoms with Gasteiger partial charge in [0.2, 0.25) is 0 Å². The fourth-order valence-corrected chi connectivity index (χ4v) is 7.48. The third-order valence-corrected chi connectivity index (χ3v) is 8.31. The lowest BCUT2D eigenvalue weighted by Gasteiger charge is -2.40. The molecule has 116 valence electrons. The lowest BCUT2D eigenvalue weighted by atomic mass is 9.84. The molecule has 0 heterocycles. The van der Waals surface area contributed by atoms with Crippen LogP contribution in [-0.2, 0) is 5.04 Å². The van der Waals surface area contributed by atoms with Crippen LogP contribution in [0.1, 0.15) is 16.7 Å². The highest BCUT2D eigenvalue weighted by Gasteiger charge is 2.55. The van der Waals surface area contributed by atoms with Gasteiger partial charge in [0.15, 0.2) is 0 Å². The number of hydrogen-bond donors (Lipinski definition) is 0. The smallest absolute Gasteiger partial charge is 0.124 e. The van der Waals surface area contributed by atoms with Gasteiger partial charge in [-0.25, -0.2) is 0 Å². The molecule has 0 saturated carbocycles. The molecule has 0 N–H and O–H groups in total. The van der Waals surface area contributed by atoms with Crippen molar-refractivity contribution < 1.29 is 0 Å². The summed E-state index contributed by atoms with van der Waals surface area (Å²) in [6, 6.07) is 26.8. The predicted octanol–water partition coefficient (Wildman–Crippen LogP) is 6.22. The second-order valence-corrected chi connectivity index (χ2v) is 13.9. The molecule has 0 unspecified atom stereocenters. The van der Waals surface area contributed by atoms with E-state index in [-0.39, 0.29) is 0 Å². The Bertz CT molecular complexity index is 656. The summed E-state index contributed by atoms with van der Waals surface area (Å²) in [5, 5.41) is -0.749. The Kier molecular flexibility index (Phi) is 4.84. The lowest BCUT2D eigenvalue weighted by molar-refractivity contribution is 0.863. The lowest BCUT2D eigenvalue weighted by Crippen LogP contribution is -2.46. The van der Waals surface area contributed by atoms with E-state index in [1.807, 2.05) is 91.0 Å². The molecule has 0 aliphatic heterocycles. The van der Waals surface area contributed by atoms with E-state index in [1.54, 1.807) is 0 Å². The van der Waals surface area contributed by atoms with E-state index in [9.17, 15) is 0 Å². The van der Waals surface area contributed by atoms with E-state index >= 15 is 0 Å². The monoisotopic (exact) mass is 376 g/mol. The van der Waals surface area contributed by atoms with Crippen LogP contribution < -0.4 is 0 Å². The van der Waals surface area contributed by atoms with Crippen molar-refractivity contribution in [3.8, 4) is 0 Å². The highest BCUT2D eigenvalue weighted by molar-refractivity contribution is 7.66. The summed E-state index contributed by atoms with van der Waals surface area (Å²) in [5.41, 5.74) is 3.01. The molecule has 0 fully saturated rings. The summed E-state index contributed by atoms with van der Waals surface area (Å²) in [7, 11) is 0. The minimum absolute atomic E-state index is 0.749. The maximum Gasteiger partial charge on any atom is 0.359 e. The first kappa shape index (κ1) is 16.6. The summed E-state index contributed by atoms with van der Waals surface area (Å²) in [5.74, 6) is 0. The van der Waals surface area contributed by atoms with Crippen LogP contribution in [-0.4, -0.2) is 6.00 Å². The van der Waals surface area contributed by atoms with Crippen molar-refractivity contribution in [1.82, 2.24) is 0 Å². The Morgan fingerprint density at radius 1 is 0.478 bits per heavy atom. The Morgan fingerprint density at radius 3 is 0.957 bits per heavy atom. The zero-order valence-corrected chi connectivity index (χ0v) is 15.6. The van der Waals surface area contributed by atoms with Crippen LogP contribution in [0, 0.1) is 0 Å². The van der Waals surface area contributed by atoms with Crippen molar-refractivity contribution in [2.45, 2.75) is 5.04 Å². The summed E-state index contributed by atoms with van der Waals surface area (Å²) < 4.78 is 0. The van der Waals surface area contributed by atoms with Gasteiger partial charge in [-0.1, -0.05) is 91.0 Å². The first-order valence-electron chi connectivity index (χ1n) is 7.30. The highest BCUT2D eigenvalue weighted by Crippen LogP contribution is 2.51. The van der Waals surface area contributed by atoms with E-state index < -0.39 is 11.0 Å². The number of benzene rings is 3. The van der Waals surface area contributed by atoms with Crippen molar-refractivity contribution in [3.05, 3.63) is 108 Å². The third-order valence-electron chi connectivity index (χ3n) is 4.05. The topological polar surface area (TPSA) is 0 Å². The molecular weight excluding hydrogens is 363 g/mol. The van der Waals surface area contributed by atoms with Gasteiger partial charge in [0.25, 0.3) is 0 Å². The first-order valence-corrected chi connectivity index (χ1v) is 12.3. The number of rotatable bonds is 4. The van der Waals surface area contributed by atoms with Gasteiger partial charge in [-0.2, -0.15) is 0 Å². The van der Waals surface area contributed by atoms with Crippen LogP contribution in [0.25, 0.3) is 0 Å². The van der Waals surface area contributed by atoms with E-state index in [1.165, 1.54) is 0 Å². The highest BCUT2D eigenvalue weighted by atomic mass is 35.8. The average Bonchev–Trinajstić information content (AvgIpc) is 2.57. The van der Waals surface area contributed by atoms with Gasteiger partial charge in [0, 0.05) is 0 Å². The molecule has 3 aromatic rings. The van der Waals surface area contributed by atoms with Crippen LogP contribution in [0.3, 0.4) is 0 Å². The van der Waals surface area contributed by atoms with Crippen LogP contribution >= 0.6 is 33.2 Å². The largest absolute Gasteiger partial charge is 0.359 e. The van der Waals surface area contributed by atoms with Crippen LogP contribution in [0.5, 0.6) is 0 Å².